The molecule has 0 saturated heterocycles. The van der Waals surface area contributed by atoms with E-state index in [1.807, 2.05) is 0 Å². The summed E-state index contributed by atoms with van der Waals surface area (Å²) in [6.07, 6.45) is 0. The monoisotopic (exact) mass is 456 g/mol. The molecular formula is C32H44N2. The Balaban J connectivity index is 1.92. The molecular weight excluding hydrogens is 412 g/mol. The molecule has 0 saturated carbocycles. The van der Waals surface area contributed by atoms with E-state index in [1.165, 1.54) is 44.5 Å². The summed E-state index contributed by atoms with van der Waals surface area (Å²) in [6.45, 7) is 22.2. The number of benzene rings is 3. The number of hydrogen-bond donors (Lipinski definition) is 2. The molecule has 0 heterocycles. The van der Waals surface area contributed by atoms with Crippen molar-refractivity contribution in [1.29, 1.82) is 0 Å². The van der Waals surface area contributed by atoms with Gasteiger partial charge in [-0.25, -0.2) is 0 Å². The molecule has 0 fully saturated rings. The van der Waals surface area contributed by atoms with E-state index >= 15 is 0 Å². The summed E-state index contributed by atoms with van der Waals surface area (Å²) in [6, 6.07) is 17.4. The Morgan fingerprint density at radius 3 is 0.941 bits per heavy atom. The second kappa shape index (κ2) is 9.32. The van der Waals surface area contributed by atoms with Gasteiger partial charge in [0.25, 0.3) is 0 Å². The van der Waals surface area contributed by atoms with Gasteiger partial charge in [-0.15, -0.1) is 0 Å². The van der Waals surface area contributed by atoms with Crippen LogP contribution in [0.15, 0.2) is 48.5 Å². The maximum absolute atomic E-state index is 6.79. The van der Waals surface area contributed by atoms with Crippen LogP contribution in [0.3, 0.4) is 0 Å². The summed E-state index contributed by atoms with van der Waals surface area (Å²) >= 11 is 0. The molecule has 2 nitrogen and oxygen atoms in total. The van der Waals surface area contributed by atoms with E-state index in [0.717, 1.165) is 11.1 Å². The zero-order valence-electron chi connectivity index (χ0n) is 22.9. The molecule has 0 amide bonds. The Morgan fingerprint density at radius 2 is 0.735 bits per heavy atom. The topological polar surface area (TPSA) is 52.0 Å². The summed E-state index contributed by atoms with van der Waals surface area (Å²) in [7, 11) is 0. The van der Waals surface area contributed by atoms with Crippen molar-refractivity contribution in [3.63, 3.8) is 0 Å². The third kappa shape index (κ3) is 5.29. The van der Waals surface area contributed by atoms with Gasteiger partial charge in [-0.1, -0.05) is 90.1 Å². The van der Waals surface area contributed by atoms with Gasteiger partial charge in [0.2, 0.25) is 0 Å². The van der Waals surface area contributed by atoms with Crippen molar-refractivity contribution in [2.75, 3.05) is 0 Å². The minimum Gasteiger partial charge on any atom is -0.320 e. The average molecular weight is 457 g/mol. The Bertz CT molecular complexity index is 1030. The molecule has 2 unspecified atom stereocenters. The van der Waals surface area contributed by atoms with E-state index in [-0.39, 0.29) is 22.9 Å². The fourth-order valence-corrected chi connectivity index (χ4v) is 5.04. The van der Waals surface area contributed by atoms with E-state index in [9.17, 15) is 0 Å². The number of rotatable bonds is 4. The van der Waals surface area contributed by atoms with Gasteiger partial charge >= 0.3 is 0 Å². The van der Waals surface area contributed by atoms with Crippen LogP contribution in [0.25, 0.3) is 0 Å². The van der Waals surface area contributed by atoms with Crippen LogP contribution in [0.4, 0.5) is 0 Å². The molecule has 3 aromatic rings. The number of hydrogen-bond acceptors (Lipinski definition) is 2. The summed E-state index contributed by atoms with van der Waals surface area (Å²) in [5.41, 5.74) is 26.2. The van der Waals surface area contributed by atoms with Gasteiger partial charge in [-0.2, -0.15) is 0 Å². The van der Waals surface area contributed by atoms with Crippen molar-refractivity contribution in [3.8, 4) is 0 Å². The van der Waals surface area contributed by atoms with Crippen LogP contribution in [-0.2, 0) is 10.8 Å². The first-order valence-corrected chi connectivity index (χ1v) is 12.5. The van der Waals surface area contributed by atoms with Crippen LogP contribution >= 0.6 is 0 Å². The fourth-order valence-electron chi connectivity index (χ4n) is 5.04. The Morgan fingerprint density at radius 1 is 0.500 bits per heavy atom. The lowest BCUT2D eigenvalue weighted by atomic mass is 9.81. The quantitative estimate of drug-likeness (QED) is 0.424. The molecule has 0 spiro atoms. The molecule has 0 aliphatic carbocycles. The van der Waals surface area contributed by atoms with Crippen molar-refractivity contribution in [1.82, 2.24) is 0 Å². The molecule has 0 bridgehead atoms. The highest BCUT2D eigenvalue weighted by Crippen LogP contribution is 2.34. The highest BCUT2D eigenvalue weighted by Gasteiger charge is 2.22. The molecule has 34 heavy (non-hydrogen) atoms. The summed E-state index contributed by atoms with van der Waals surface area (Å²) in [4.78, 5) is 0. The van der Waals surface area contributed by atoms with Crippen molar-refractivity contribution in [2.24, 2.45) is 11.5 Å². The maximum Gasteiger partial charge on any atom is 0.0556 e. The fraction of sp³-hybridized carbons (Fsp3) is 0.438. The second-order valence-electron chi connectivity index (χ2n) is 12.2. The molecule has 0 aliphatic rings. The lowest BCUT2D eigenvalue weighted by molar-refractivity contribution is 0.588. The first-order valence-electron chi connectivity index (χ1n) is 12.5. The lowest BCUT2D eigenvalue weighted by Gasteiger charge is -2.26. The third-order valence-corrected chi connectivity index (χ3v) is 7.20. The minimum absolute atomic E-state index is 0.122. The lowest BCUT2D eigenvalue weighted by Crippen LogP contribution is -2.19. The van der Waals surface area contributed by atoms with Crippen molar-refractivity contribution >= 4 is 0 Å². The molecule has 2 heteroatoms. The second-order valence-corrected chi connectivity index (χ2v) is 12.2. The standard InChI is InChI=1S/C32H44N2/c1-19-15-25(31(5,6)7)16-20(2)27(19)29(33)23-11-13-24(14-12-23)30(34)28-21(3)17-26(18-22(28)4)32(8,9)10/h11-18,29-30H,33-34H2,1-10H3. The zero-order valence-corrected chi connectivity index (χ0v) is 22.9. The minimum atomic E-state index is -0.158. The van der Waals surface area contributed by atoms with Gasteiger partial charge in [0.05, 0.1) is 12.1 Å². The Kier molecular flexibility index (Phi) is 7.18. The summed E-state index contributed by atoms with van der Waals surface area (Å²) in [5.74, 6) is 0. The number of nitrogens with two attached hydrogens (primary N) is 2. The van der Waals surface area contributed by atoms with Crippen LogP contribution in [0.5, 0.6) is 0 Å². The van der Waals surface area contributed by atoms with Crippen molar-refractivity contribution < 1.29 is 0 Å². The van der Waals surface area contributed by atoms with Gasteiger partial charge in [-0.05, 0) is 94.2 Å². The highest BCUT2D eigenvalue weighted by molar-refractivity contribution is 5.48. The molecule has 3 aromatic carbocycles. The number of aryl methyl sites for hydroxylation is 4. The summed E-state index contributed by atoms with van der Waals surface area (Å²) in [5, 5.41) is 0. The largest absolute Gasteiger partial charge is 0.320 e. The predicted molar refractivity (Wildman–Crippen MR) is 148 cm³/mol. The molecule has 4 N–H and O–H groups in total. The first-order chi connectivity index (χ1) is 15.6. The van der Waals surface area contributed by atoms with Crippen molar-refractivity contribution in [2.45, 2.75) is 92.2 Å². The molecule has 3 rings (SSSR count). The van der Waals surface area contributed by atoms with Crippen LogP contribution in [0.1, 0.15) is 109 Å². The molecule has 182 valence electrons. The maximum atomic E-state index is 6.79. The normalized spacial score (nSPS) is 14.2. The zero-order chi connectivity index (χ0) is 25.6. The van der Waals surface area contributed by atoms with E-state index in [0.29, 0.717) is 0 Å². The van der Waals surface area contributed by atoms with E-state index in [4.69, 9.17) is 11.5 Å². The van der Waals surface area contributed by atoms with Gasteiger partial charge in [0.1, 0.15) is 0 Å². The van der Waals surface area contributed by atoms with Gasteiger partial charge in [0, 0.05) is 0 Å². The SMILES string of the molecule is Cc1cc(C(C)(C)C)cc(C)c1C(N)c1ccc(C(N)c2c(C)cc(C(C)(C)C)cc2C)cc1. The van der Waals surface area contributed by atoms with Crippen molar-refractivity contribution in [3.05, 3.63) is 104 Å². The summed E-state index contributed by atoms with van der Waals surface area (Å²) < 4.78 is 0. The van der Waals surface area contributed by atoms with E-state index in [1.54, 1.807) is 0 Å². The van der Waals surface area contributed by atoms with Gasteiger partial charge < -0.3 is 11.5 Å². The molecule has 0 aliphatic heterocycles. The van der Waals surface area contributed by atoms with Crippen LogP contribution in [0, 0.1) is 27.7 Å². The molecule has 0 radical (unpaired) electrons. The Hall–Kier alpha value is -2.42. The Labute approximate surface area is 207 Å². The van der Waals surface area contributed by atoms with Crippen LogP contribution in [0.2, 0.25) is 0 Å². The first kappa shape index (κ1) is 26.2. The molecule has 0 aromatic heterocycles. The highest BCUT2D eigenvalue weighted by atomic mass is 14.6. The van der Waals surface area contributed by atoms with Gasteiger partial charge in [-0.3, -0.25) is 0 Å². The predicted octanol–water partition coefficient (Wildman–Crippen LogP) is 7.61. The molecule has 2 atom stereocenters. The van der Waals surface area contributed by atoms with Crippen LogP contribution < -0.4 is 11.5 Å². The van der Waals surface area contributed by atoms with E-state index < -0.39 is 0 Å². The van der Waals surface area contributed by atoms with E-state index in [2.05, 4.69) is 118 Å². The van der Waals surface area contributed by atoms with Crippen LogP contribution in [-0.4, -0.2) is 0 Å². The average Bonchev–Trinajstić information content (AvgIpc) is 2.71. The van der Waals surface area contributed by atoms with Gasteiger partial charge in [0.15, 0.2) is 0 Å². The third-order valence-electron chi connectivity index (χ3n) is 7.20. The smallest absolute Gasteiger partial charge is 0.0556 e.